The van der Waals surface area contributed by atoms with E-state index in [1.807, 2.05) is 6.92 Å². The molecule has 0 saturated heterocycles. The molecule has 0 bridgehead atoms. The number of rotatable bonds is 1. The summed E-state index contributed by atoms with van der Waals surface area (Å²) in [5, 5.41) is 12.3. The third-order valence-corrected chi connectivity index (χ3v) is 2.78. The molecule has 0 atom stereocenters. The number of nitro groups is 1. The Morgan fingerprint density at radius 1 is 1.47 bits per heavy atom. The predicted octanol–water partition coefficient (Wildman–Crippen LogP) is 3.21. The molecule has 2 aromatic rings. The maximum Gasteiger partial charge on any atom is 0.291 e. The van der Waals surface area contributed by atoms with E-state index in [1.165, 1.54) is 0 Å². The molecule has 1 heterocycles. The molecule has 4 nitrogen and oxygen atoms in total. The van der Waals surface area contributed by atoms with Gasteiger partial charge >= 0.3 is 0 Å². The van der Waals surface area contributed by atoms with E-state index in [0.717, 1.165) is 11.1 Å². The molecule has 5 heteroatoms. The van der Waals surface area contributed by atoms with Crippen LogP contribution in [0.4, 0.5) is 5.69 Å². The Bertz CT molecular complexity index is 549. The van der Waals surface area contributed by atoms with Gasteiger partial charge in [-0.2, -0.15) is 0 Å². The van der Waals surface area contributed by atoms with Crippen molar-refractivity contribution in [2.45, 2.75) is 6.92 Å². The molecule has 76 valence electrons. The van der Waals surface area contributed by atoms with Gasteiger partial charge in [0, 0.05) is 17.3 Å². The Balaban J connectivity index is 2.90. The van der Waals surface area contributed by atoms with Crippen molar-refractivity contribution in [1.82, 2.24) is 4.98 Å². The summed E-state index contributed by atoms with van der Waals surface area (Å²) in [6.07, 6.45) is 1.64. The lowest BCUT2D eigenvalue weighted by Gasteiger charge is -2.01. The lowest BCUT2D eigenvalue weighted by atomic mass is 10.1. The molecule has 0 aliphatic rings. The summed E-state index contributed by atoms with van der Waals surface area (Å²) in [7, 11) is 0. The Hall–Kier alpha value is -1.49. The van der Waals surface area contributed by atoms with Crippen LogP contribution in [0.1, 0.15) is 5.69 Å². The lowest BCUT2D eigenvalue weighted by Crippen LogP contribution is -1.92. The number of aromatic nitrogens is 1. The first kappa shape index (κ1) is 10.0. The molecule has 0 aliphatic heterocycles. The first-order valence-electron chi connectivity index (χ1n) is 4.29. The molecular formula is C10H7BrN2O2. The fraction of sp³-hybridized carbons (Fsp3) is 0.100. The SMILES string of the molecule is Cc1cc2c([N+](=O)[O-])c(Br)ccc2cn1. The Kier molecular flexibility index (Phi) is 2.40. The van der Waals surface area contributed by atoms with Crippen molar-refractivity contribution in [2.75, 3.05) is 0 Å². The van der Waals surface area contributed by atoms with Crippen molar-refractivity contribution in [3.63, 3.8) is 0 Å². The monoisotopic (exact) mass is 266 g/mol. The largest absolute Gasteiger partial charge is 0.291 e. The molecule has 0 radical (unpaired) electrons. The standard InChI is InChI=1S/C10H7BrN2O2/c1-6-4-8-7(5-12-6)2-3-9(11)10(8)13(14)15/h2-5H,1H3. The average Bonchev–Trinajstić information content (AvgIpc) is 2.16. The van der Waals surface area contributed by atoms with Crippen LogP contribution < -0.4 is 0 Å². The zero-order valence-corrected chi connectivity index (χ0v) is 9.48. The van der Waals surface area contributed by atoms with Gasteiger partial charge in [-0.25, -0.2) is 0 Å². The summed E-state index contributed by atoms with van der Waals surface area (Å²) in [5.41, 5.74) is 0.863. The van der Waals surface area contributed by atoms with Crippen LogP contribution in [0.2, 0.25) is 0 Å². The minimum atomic E-state index is -0.383. The molecule has 0 unspecified atom stereocenters. The third kappa shape index (κ3) is 1.70. The maximum atomic E-state index is 10.9. The number of nitro benzene ring substituents is 1. The highest BCUT2D eigenvalue weighted by atomic mass is 79.9. The normalized spacial score (nSPS) is 10.5. The fourth-order valence-corrected chi connectivity index (χ4v) is 1.95. The molecule has 0 saturated carbocycles. The minimum absolute atomic E-state index is 0.0954. The number of halogens is 1. The van der Waals surface area contributed by atoms with Gasteiger partial charge in [-0.1, -0.05) is 6.07 Å². The van der Waals surface area contributed by atoms with Gasteiger partial charge in [0.25, 0.3) is 5.69 Å². The first-order valence-corrected chi connectivity index (χ1v) is 5.08. The number of hydrogen-bond acceptors (Lipinski definition) is 3. The predicted molar refractivity (Wildman–Crippen MR) is 60.8 cm³/mol. The van der Waals surface area contributed by atoms with E-state index in [9.17, 15) is 10.1 Å². The van der Waals surface area contributed by atoms with Crippen LogP contribution in [-0.4, -0.2) is 9.91 Å². The molecule has 2 rings (SSSR count). The molecule has 0 fully saturated rings. The summed E-state index contributed by atoms with van der Waals surface area (Å²) in [4.78, 5) is 14.6. The zero-order valence-electron chi connectivity index (χ0n) is 7.90. The Morgan fingerprint density at radius 2 is 2.20 bits per heavy atom. The van der Waals surface area contributed by atoms with E-state index in [-0.39, 0.29) is 10.6 Å². The van der Waals surface area contributed by atoms with E-state index in [1.54, 1.807) is 24.4 Å². The number of aryl methyl sites for hydroxylation is 1. The van der Waals surface area contributed by atoms with E-state index in [0.29, 0.717) is 9.86 Å². The van der Waals surface area contributed by atoms with E-state index < -0.39 is 0 Å². The van der Waals surface area contributed by atoms with Gasteiger partial charge in [-0.3, -0.25) is 15.1 Å². The summed E-state index contributed by atoms with van der Waals surface area (Å²) >= 11 is 3.18. The molecule has 1 aromatic heterocycles. The molecule has 0 N–H and O–H groups in total. The van der Waals surface area contributed by atoms with Crippen LogP contribution in [0.5, 0.6) is 0 Å². The fourth-order valence-electron chi connectivity index (χ4n) is 1.46. The smallest absolute Gasteiger partial charge is 0.261 e. The third-order valence-electron chi connectivity index (χ3n) is 2.14. The highest BCUT2D eigenvalue weighted by Crippen LogP contribution is 2.33. The van der Waals surface area contributed by atoms with Crippen LogP contribution in [0, 0.1) is 17.0 Å². The van der Waals surface area contributed by atoms with Gasteiger partial charge in [0.2, 0.25) is 0 Å². The van der Waals surface area contributed by atoms with Gasteiger partial charge in [0.1, 0.15) is 0 Å². The van der Waals surface area contributed by atoms with E-state index >= 15 is 0 Å². The Labute approximate surface area is 94.2 Å². The average molecular weight is 267 g/mol. The topological polar surface area (TPSA) is 56.0 Å². The van der Waals surface area contributed by atoms with Crippen LogP contribution in [0.3, 0.4) is 0 Å². The van der Waals surface area contributed by atoms with Gasteiger partial charge in [-0.05, 0) is 35.0 Å². The van der Waals surface area contributed by atoms with Crippen LogP contribution in [-0.2, 0) is 0 Å². The number of nitrogens with zero attached hydrogens (tertiary/aromatic N) is 2. The Morgan fingerprint density at radius 3 is 2.87 bits per heavy atom. The maximum absolute atomic E-state index is 10.9. The highest BCUT2D eigenvalue weighted by molar-refractivity contribution is 9.10. The number of hydrogen-bond donors (Lipinski definition) is 0. The van der Waals surface area contributed by atoms with Crippen molar-refractivity contribution >= 4 is 32.4 Å². The second-order valence-electron chi connectivity index (χ2n) is 3.20. The molecule has 0 spiro atoms. The first-order chi connectivity index (χ1) is 7.09. The van der Waals surface area contributed by atoms with Crippen molar-refractivity contribution in [3.05, 3.63) is 44.7 Å². The van der Waals surface area contributed by atoms with Crippen molar-refractivity contribution in [2.24, 2.45) is 0 Å². The van der Waals surface area contributed by atoms with Crippen LogP contribution in [0.15, 0.2) is 28.9 Å². The van der Waals surface area contributed by atoms with Crippen LogP contribution >= 0.6 is 15.9 Å². The summed E-state index contributed by atoms with van der Waals surface area (Å²) < 4.78 is 0.491. The number of benzene rings is 1. The number of pyridine rings is 1. The van der Waals surface area contributed by atoms with Gasteiger partial charge in [0.05, 0.1) is 14.8 Å². The van der Waals surface area contributed by atoms with Crippen LogP contribution in [0.25, 0.3) is 10.8 Å². The van der Waals surface area contributed by atoms with Gasteiger partial charge in [0.15, 0.2) is 0 Å². The van der Waals surface area contributed by atoms with E-state index in [4.69, 9.17) is 0 Å². The van der Waals surface area contributed by atoms with Crippen molar-refractivity contribution < 1.29 is 4.92 Å². The quantitative estimate of drug-likeness (QED) is 0.588. The minimum Gasteiger partial charge on any atom is -0.261 e. The molecule has 0 aliphatic carbocycles. The summed E-state index contributed by atoms with van der Waals surface area (Å²) in [6, 6.07) is 5.19. The van der Waals surface area contributed by atoms with Gasteiger partial charge in [-0.15, -0.1) is 0 Å². The second-order valence-corrected chi connectivity index (χ2v) is 4.05. The lowest BCUT2D eigenvalue weighted by molar-refractivity contribution is -0.383. The molecule has 0 amide bonds. The molecule has 1 aromatic carbocycles. The highest BCUT2D eigenvalue weighted by Gasteiger charge is 2.16. The van der Waals surface area contributed by atoms with Crippen molar-refractivity contribution in [1.29, 1.82) is 0 Å². The molecule has 15 heavy (non-hydrogen) atoms. The zero-order chi connectivity index (χ0) is 11.0. The van der Waals surface area contributed by atoms with E-state index in [2.05, 4.69) is 20.9 Å². The summed E-state index contributed by atoms with van der Waals surface area (Å²) in [5.74, 6) is 0. The number of fused-ring (bicyclic) bond motifs is 1. The second kappa shape index (κ2) is 3.58. The molecular weight excluding hydrogens is 260 g/mol. The van der Waals surface area contributed by atoms with Gasteiger partial charge < -0.3 is 0 Å². The summed E-state index contributed by atoms with van der Waals surface area (Å²) in [6.45, 7) is 1.81. The van der Waals surface area contributed by atoms with Crippen molar-refractivity contribution in [3.8, 4) is 0 Å².